The van der Waals surface area contributed by atoms with Gasteiger partial charge in [0.1, 0.15) is 0 Å². The maximum Gasteiger partial charge on any atom is 0.225 e. The van der Waals surface area contributed by atoms with Gasteiger partial charge in [0.15, 0.2) is 5.82 Å². The maximum atomic E-state index is 13.3. The minimum atomic E-state index is -0.980. The molecule has 100 valence electrons. The van der Waals surface area contributed by atoms with Crippen LogP contribution in [-0.2, 0) is 0 Å². The first-order valence-electron chi connectivity index (χ1n) is 4.74. The molecule has 0 spiro atoms. The van der Waals surface area contributed by atoms with Gasteiger partial charge >= 0.3 is 0 Å². The quantitative estimate of drug-likeness (QED) is 0.532. The van der Waals surface area contributed by atoms with Gasteiger partial charge in [-0.15, -0.1) is 0 Å². The molecule has 0 saturated carbocycles. The molecular formula is C11H3Cl5FNO. The second-order valence-electron chi connectivity index (χ2n) is 3.49. The van der Waals surface area contributed by atoms with Gasteiger partial charge in [-0.3, -0.25) is 4.79 Å². The third-order valence-electron chi connectivity index (χ3n) is 2.38. The molecule has 1 aromatic heterocycles. The second kappa shape index (κ2) is 5.51. The molecule has 0 radical (unpaired) electrons. The molecule has 2 aromatic rings. The number of rotatable bonds is 1. The van der Waals surface area contributed by atoms with Crippen LogP contribution >= 0.6 is 58.0 Å². The van der Waals surface area contributed by atoms with Crippen LogP contribution in [0.3, 0.4) is 0 Å². The molecule has 0 amide bonds. The van der Waals surface area contributed by atoms with Crippen molar-refractivity contribution in [3.05, 3.63) is 53.5 Å². The van der Waals surface area contributed by atoms with Crippen molar-refractivity contribution in [2.75, 3.05) is 0 Å². The smallest absolute Gasteiger partial charge is 0.225 e. The Labute approximate surface area is 132 Å². The molecule has 0 aliphatic heterocycles. The first-order chi connectivity index (χ1) is 8.86. The predicted octanol–water partition coefficient (Wildman–Crippen LogP) is 5.45. The van der Waals surface area contributed by atoms with E-state index in [1.54, 1.807) is 0 Å². The Hall–Kier alpha value is -0.450. The van der Waals surface area contributed by atoms with E-state index >= 15 is 0 Å². The lowest BCUT2D eigenvalue weighted by Gasteiger charge is -2.12. The van der Waals surface area contributed by atoms with Gasteiger partial charge in [0, 0.05) is 18.0 Å². The van der Waals surface area contributed by atoms with E-state index in [4.69, 9.17) is 58.0 Å². The van der Waals surface area contributed by atoms with Crippen molar-refractivity contribution >= 4 is 58.0 Å². The van der Waals surface area contributed by atoms with Crippen molar-refractivity contribution in [1.82, 2.24) is 4.98 Å². The highest BCUT2D eigenvalue weighted by atomic mass is 35.5. The van der Waals surface area contributed by atoms with Gasteiger partial charge < -0.3 is 4.98 Å². The largest absolute Gasteiger partial charge is 0.364 e. The number of aromatic amines is 1. The number of pyridine rings is 1. The van der Waals surface area contributed by atoms with Gasteiger partial charge in [0.05, 0.1) is 30.7 Å². The summed E-state index contributed by atoms with van der Waals surface area (Å²) in [4.78, 5) is 14.2. The predicted molar refractivity (Wildman–Crippen MR) is 77.5 cm³/mol. The summed E-state index contributed by atoms with van der Waals surface area (Å²) in [5, 5.41) is -0.294. The molecule has 0 aliphatic rings. The maximum absolute atomic E-state index is 13.3. The van der Waals surface area contributed by atoms with Crippen LogP contribution in [-0.4, -0.2) is 4.98 Å². The van der Waals surface area contributed by atoms with E-state index in [1.807, 2.05) is 0 Å². The third kappa shape index (κ3) is 2.46. The molecule has 0 saturated heterocycles. The van der Waals surface area contributed by atoms with Crippen molar-refractivity contribution in [3.8, 4) is 11.1 Å². The number of hydrogen-bond acceptors (Lipinski definition) is 1. The summed E-state index contributed by atoms with van der Waals surface area (Å²) in [6.45, 7) is 0. The van der Waals surface area contributed by atoms with E-state index < -0.39 is 11.2 Å². The molecule has 2 nitrogen and oxygen atoms in total. The fraction of sp³-hybridized carbons (Fsp3) is 0. The van der Waals surface area contributed by atoms with Crippen LogP contribution in [0, 0.1) is 5.82 Å². The number of aromatic nitrogens is 1. The number of hydrogen-bond donors (Lipinski definition) is 1. The Kier molecular flexibility index (Phi) is 4.33. The minimum absolute atomic E-state index is 0.0310. The summed E-state index contributed by atoms with van der Waals surface area (Å²) in [5.41, 5.74) is -0.934. The number of H-pyrrole nitrogens is 1. The van der Waals surface area contributed by atoms with E-state index in [0.717, 1.165) is 6.20 Å². The summed E-state index contributed by atoms with van der Waals surface area (Å²) in [6.07, 6.45) is 2.16. The van der Waals surface area contributed by atoms with E-state index in [9.17, 15) is 9.18 Å². The third-order valence-corrected chi connectivity index (χ3v) is 4.66. The fourth-order valence-electron chi connectivity index (χ4n) is 1.48. The summed E-state index contributed by atoms with van der Waals surface area (Å²) in [5.74, 6) is -0.980. The number of halogens is 6. The highest BCUT2D eigenvalue weighted by Gasteiger charge is 2.22. The Morgan fingerprint density at radius 3 is 1.84 bits per heavy atom. The van der Waals surface area contributed by atoms with Gasteiger partial charge in [-0.2, -0.15) is 0 Å². The molecule has 0 bridgehead atoms. The number of nitrogens with one attached hydrogen (secondary N) is 1. The molecule has 2 rings (SSSR count). The fourth-order valence-corrected chi connectivity index (χ4v) is 2.83. The van der Waals surface area contributed by atoms with Gasteiger partial charge in [-0.05, 0) is 0 Å². The molecule has 0 atom stereocenters. The molecule has 8 heteroatoms. The van der Waals surface area contributed by atoms with E-state index in [-0.39, 0.29) is 36.2 Å². The minimum Gasteiger partial charge on any atom is -0.364 e. The summed E-state index contributed by atoms with van der Waals surface area (Å²) in [6, 6.07) is 0. The molecular weight excluding hydrogens is 358 g/mol. The van der Waals surface area contributed by atoms with Crippen LogP contribution in [0.2, 0.25) is 25.1 Å². The lowest BCUT2D eigenvalue weighted by molar-refractivity contribution is 0.612. The van der Waals surface area contributed by atoms with Crippen LogP contribution < -0.4 is 5.43 Å². The van der Waals surface area contributed by atoms with Gasteiger partial charge in [0.2, 0.25) is 5.43 Å². The molecule has 0 aliphatic carbocycles. The number of benzene rings is 1. The zero-order chi connectivity index (χ0) is 14.3. The van der Waals surface area contributed by atoms with Crippen LogP contribution in [0.5, 0.6) is 0 Å². The van der Waals surface area contributed by atoms with Gasteiger partial charge in [0.25, 0.3) is 0 Å². The molecule has 19 heavy (non-hydrogen) atoms. The van der Waals surface area contributed by atoms with Crippen LogP contribution in [0.1, 0.15) is 0 Å². The van der Waals surface area contributed by atoms with Crippen LogP contribution in [0.15, 0.2) is 17.2 Å². The van der Waals surface area contributed by atoms with Crippen molar-refractivity contribution in [2.24, 2.45) is 0 Å². The Morgan fingerprint density at radius 2 is 1.32 bits per heavy atom. The normalized spacial score (nSPS) is 10.8. The van der Waals surface area contributed by atoms with E-state index in [0.29, 0.717) is 0 Å². The Balaban J connectivity index is 2.91. The molecule has 0 unspecified atom stereocenters. The van der Waals surface area contributed by atoms with Gasteiger partial charge in [-0.1, -0.05) is 58.0 Å². The highest BCUT2D eigenvalue weighted by Crippen LogP contribution is 2.47. The summed E-state index contributed by atoms with van der Waals surface area (Å²) in [7, 11) is 0. The van der Waals surface area contributed by atoms with E-state index in [1.165, 1.54) is 6.20 Å². The Morgan fingerprint density at radius 1 is 0.842 bits per heavy atom. The lowest BCUT2D eigenvalue weighted by Crippen LogP contribution is -2.10. The molecule has 1 aromatic carbocycles. The molecule has 0 fully saturated rings. The lowest BCUT2D eigenvalue weighted by atomic mass is 10.1. The first-order valence-corrected chi connectivity index (χ1v) is 6.63. The zero-order valence-corrected chi connectivity index (χ0v) is 12.6. The topological polar surface area (TPSA) is 32.9 Å². The van der Waals surface area contributed by atoms with Crippen molar-refractivity contribution in [1.29, 1.82) is 0 Å². The SMILES string of the molecule is O=c1c(F)c[nH]cc1-c1c(Cl)c(Cl)c(Cl)c(Cl)c1Cl. The van der Waals surface area contributed by atoms with Crippen molar-refractivity contribution in [3.63, 3.8) is 0 Å². The highest BCUT2D eigenvalue weighted by molar-refractivity contribution is 6.56. The molecule has 1 N–H and O–H groups in total. The zero-order valence-electron chi connectivity index (χ0n) is 8.83. The van der Waals surface area contributed by atoms with E-state index in [2.05, 4.69) is 4.98 Å². The Bertz CT molecular complexity index is 699. The van der Waals surface area contributed by atoms with Crippen LogP contribution in [0.4, 0.5) is 4.39 Å². The average molecular weight is 361 g/mol. The first kappa shape index (κ1) is 14.9. The van der Waals surface area contributed by atoms with Crippen LogP contribution in [0.25, 0.3) is 11.1 Å². The second-order valence-corrected chi connectivity index (χ2v) is 5.38. The van der Waals surface area contributed by atoms with Gasteiger partial charge in [-0.25, -0.2) is 4.39 Å². The average Bonchev–Trinajstić information content (AvgIpc) is 2.39. The molecule has 1 heterocycles. The summed E-state index contributed by atoms with van der Waals surface area (Å²) < 4.78 is 13.3. The summed E-state index contributed by atoms with van der Waals surface area (Å²) >= 11 is 29.6. The standard InChI is InChI=1S/C11H3Cl5FNO/c12-6-5(3-1-18-2-4(17)11(3)19)7(13)9(15)10(16)8(6)14/h1-2H,(H,18,19). The van der Waals surface area contributed by atoms with Crippen molar-refractivity contribution in [2.45, 2.75) is 0 Å². The van der Waals surface area contributed by atoms with Crippen molar-refractivity contribution < 1.29 is 4.39 Å². The monoisotopic (exact) mass is 359 g/mol.